The van der Waals surface area contributed by atoms with Gasteiger partial charge in [0, 0.05) is 44.6 Å². The van der Waals surface area contributed by atoms with Crippen LogP contribution in [0.5, 0.6) is 0 Å². The number of hydrogen-bond acceptors (Lipinski definition) is 4. The van der Waals surface area contributed by atoms with E-state index in [0.29, 0.717) is 5.92 Å². The van der Waals surface area contributed by atoms with Crippen molar-refractivity contribution >= 4 is 6.03 Å². The third-order valence-electron chi connectivity index (χ3n) is 6.68. The van der Waals surface area contributed by atoms with Gasteiger partial charge in [0.05, 0.1) is 6.04 Å². The molecule has 27 heavy (non-hydrogen) atoms. The minimum atomic E-state index is -0.0774. The van der Waals surface area contributed by atoms with Crippen molar-refractivity contribution in [3.8, 4) is 0 Å². The van der Waals surface area contributed by atoms with Gasteiger partial charge in [-0.25, -0.2) is 14.8 Å². The number of aromatic nitrogens is 2. The van der Waals surface area contributed by atoms with Gasteiger partial charge in [0.25, 0.3) is 0 Å². The molecule has 1 unspecified atom stereocenters. The Morgan fingerprint density at radius 1 is 1.00 bits per heavy atom. The fraction of sp³-hybridized carbons (Fsp3) is 0.762. The van der Waals surface area contributed by atoms with Crippen LogP contribution in [0.25, 0.3) is 0 Å². The lowest BCUT2D eigenvalue weighted by molar-refractivity contribution is 0.0719. The molecule has 4 rings (SSSR count). The van der Waals surface area contributed by atoms with Crippen LogP contribution in [0.15, 0.2) is 18.5 Å². The smallest absolute Gasteiger partial charge is 0.318 e. The molecule has 0 spiro atoms. The van der Waals surface area contributed by atoms with E-state index < -0.39 is 0 Å². The second kappa shape index (κ2) is 9.00. The van der Waals surface area contributed by atoms with E-state index in [-0.39, 0.29) is 12.1 Å². The van der Waals surface area contributed by atoms with Crippen LogP contribution < -0.4 is 5.32 Å². The molecular weight excluding hydrogens is 338 g/mol. The van der Waals surface area contributed by atoms with Crippen LogP contribution in [0.2, 0.25) is 0 Å². The molecule has 3 fully saturated rings. The van der Waals surface area contributed by atoms with E-state index in [1.165, 1.54) is 51.4 Å². The van der Waals surface area contributed by atoms with Crippen molar-refractivity contribution in [1.29, 1.82) is 0 Å². The number of amides is 2. The van der Waals surface area contributed by atoms with Gasteiger partial charge < -0.3 is 10.2 Å². The highest BCUT2D eigenvalue weighted by atomic mass is 16.2. The molecule has 2 aliphatic carbocycles. The van der Waals surface area contributed by atoms with Gasteiger partial charge in [0.2, 0.25) is 0 Å². The van der Waals surface area contributed by atoms with Gasteiger partial charge in [0.15, 0.2) is 5.82 Å². The van der Waals surface area contributed by atoms with Gasteiger partial charge in [-0.15, -0.1) is 0 Å². The summed E-state index contributed by atoms with van der Waals surface area (Å²) in [5.74, 6) is 1.42. The number of rotatable bonds is 5. The lowest BCUT2D eigenvalue weighted by atomic mass is 9.84. The summed E-state index contributed by atoms with van der Waals surface area (Å²) in [6.07, 6.45) is 15.0. The van der Waals surface area contributed by atoms with Crippen molar-refractivity contribution in [2.24, 2.45) is 5.92 Å². The SMILES string of the molecule is O=C(NC(CC1CCCCC1)c1ncccn1)N1CCN(C2CCC2)CC1. The first-order chi connectivity index (χ1) is 13.3. The Morgan fingerprint density at radius 3 is 2.33 bits per heavy atom. The normalized spacial score (nSPS) is 23.6. The van der Waals surface area contributed by atoms with Crippen LogP contribution in [-0.2, 0) is 0 Å². The fourth-order valence-corrected chi connectivity index (χ4v) is 4.76. The Balaban J connectivity index is 1.34. The maximum atomic E-state index is 12.9. The van der Waals surface area contributed by atoms with Crippen molar-refractivity contribution in [2.45, 2.75) is 69.9 Å². The summed E-state index contributed by atoms with van der Waals surface area (Å²) in [5, 5.41) is 3.27. The average Bonchev–Trinajstić information content (AvgIpc) is 2.68. The van der Waals surface area contributed by atoms with Crippen LogP contribution in [-0.4, -0.2) is 58.0 Å². The number of carbonyl (C=O) groups is 1. The standard InChI is InChI=1S/C21H33N5O/c27-21(26-14-12-25(13-15-26)18-8-4-9-18)24-19(20-22-10-5-11-23-20)16-17-6-2-1-3-7-17/h5,10-11,17-19H,1-4,6-9,12-16H2,(H,24,27). The molecule has 0 radical (unpaired) electrons. The molecule has 3 aliphatic rings. The highest BCUT2D eigenvalue weighted by Crippen LogP contribution is 2.31. The van der Waals surface area contributed by atoms with E-state index in [2.05, 4.69) is 20.2 Å². The summed E-state index contributed by atoms with van der Waals surface area (Å²) in [6.45, 7) is 3.67. The van der Waals surface area contributed by atoms with Gasteiger partial charge in [-0.05, 0) is 31.2 Å². The maximum absolute atomic E-state index is 12.9. The third kappa shape index (κ3) is 4.78. The van der Waals surface area contributed by atoms with Gasteiger partial charge in [-0.2, -0.15) is 0 Å². The van der Waals surface area contributed by atoms with Gasteiger partial charge in [-0.3, -0.25) is 4.90 Å². The zero-order valence-electron chi connectivity index (χ0n) is 16.4. The first kappa shape index (κ1) is 18.7. The van der Waals surface area contributed by atoms with Crippen molar-refractivity contribution in [2.75, 3.05) is 26.2 Å². The molecule has 2 heterocycles. The van der Waals surface area contributed by atoms with Crippen LogP contribution in [0, 0.1) is 5.92 Å². The van der Waals surface area contributed by atoms with Gasteiger partial charge in [0.1, 0.15) is 0 Å². The number of nitrogens with zero attached hydrogens (tertiary/aromatic N) is 4. The van der Waals surface area contributed by atoms with E-state index in [1.807, 2.05) is 11.0 Å². The van der Waals surface area contributed by atoms with E-state index >= 15 is 0 Å². The maximum Gasteiger partial charge on any atom is 0.318 e. The topological polar surface area (TPSA) is 61.4 Å². The predicted molar refractivity (Wildman–Crippen MR) is 105 cm³/mol. The highest BCUT2D eigenvalue weighted by Gasteiger charge is 2.31. The Morgan fingerprint density at radius 2 is 1.70 bits per heavy atom. The average molecular weight is 372 g/mol. The molecule has 1 aliphatic heterocycles. The predicted octanol–water partition coefficient (Wildman–Crippen LogP) is 3.37. The monoisotopic (exact) mass is 371 g/mol. The number of carbonyl (C=O) groups excluding carboxylic acids is 1. The summed E-state index contributed by atoms with van der Waals surface area (Å²) in [4.78, 5) is 26.4. The zero-order chi connectivity index (χ0) is 18.5. The van der Waals surface area contributed by atoms with Gasteiger partial charge in [-0.1, -0.05) is 38.5 Å². The van der Waals surface area contributed by atoms with Crippen LogP contribution in [0.4, 0.5) is 4.79 Å². The summed E-state index contributed by atoms with van der Waals surface area (Å²) in [7, 11) is 0. The minimum Gasteiger partial charge on any atom is -0.328 e. The molecule has 1 N–H and O–H groups in total. The summed E-state index contributed by atoms with van der Waals surface area (Å²) < 4.78 is 0. The van der Waals surface area contributed by atoms with Crippen LogP contribution in [0.1, 0.15) is 69.7 Å². The largest absolute Gasteiger partial charge is 0.328 e. The van der Waals surface area contributed by atoms with Crippen LogP contribution >= 0.6 is 0 Å². The molecule has 0 bridgehead atoms. The molecule has 1 atom stereocenters. The molecule has 148 valence electrons. The molecule has 1 aromatic rings. The van der Waals surface area contributed by atoms with Crippen molar-refractivity contribution in [3.63, 3.8) is 0 Å². The molecule has 6 nitrogen and oxygen atoms in total. The van der Waals surface area contributed by atoms with Crippen molar-refractivity contribution in [3.05, 3.63) is 24.3 Å². The first-order valence-corrected chi connectivity index (χ1v) is 10.9. The fourth-order valence-electron chi connectivity index (χ4n) is 4.76. The second-order valence-electron chi connectivity index (χ2n) is 8.46. The lowest BCUT2D eigenvalue weighted by Gasteiger charge is -2.43. The zero-order valence-corrected chi connectivity index (χ0v) is 16.4. The third-order valence-corrected chi connectivity index (χ3v) is 6.68. The van der Waals surface area contributed by atoms with E-state index in [0.717, 1.165) is 44.5 Å². The first-order valence-electron chi connectivity index (χ1n) is 10.9. The van der Waals surface area contributed by atoms with E-state index in [4.69, 9.17) is 0 Å². The summed E-state index contributed by atoms with van der Waals surface area (Å²) >= 11 is 0. The van der Waals surface area contributed by atoms with Crippen molar-refractivity contribution in [1.82, 2.24) is 25.1 Å². The molecule has 0 aromatic carbocycles. The quantitative estimate of drug-likeness (QED) is 0.862. The van der Waals surface area contributed by atoms with Crippen molar-refractivity contribution < 1.29 is 4.79 Å². The Hall–Kier alpha value is -1.69. The number of urea groups is 1. The molecule has 2 amide bonds. The summed E-state index contributed by atoms with van der Waals surface area (Å²) in [6, 6.07) is 2.58. The molecular formula is C21H33N5O. The highest BCUT2D eigenvalue weighted by molar-refractivity contribution is 5.74. The van der Waals surface area contributed by atoms with E-state index in [9.17, 15) is 4.79 Å². The second-order valence-corrected chi connectivity index (χ2v) is 8.46. The number of hydrogen-bond donors (Lipinski definition) is 1. The van der Waals surface area contributed by atoms with Crippen LogP contribution in [0.3, 0.4) is 0 Å². The molecule has 1 saturated heterocycles. The molecule has 6 heteroatoms. The lowest BCUT2D eigenvalue weighted by Crippen LogP contribution is -2.55. The number of nitrogens with one attached hydrogen (secondary N) is 1. The molecule has 1 aromatic heterocycles. The Kier molecular flexibility index (Phi) is 6.22. The molecule has 2 saturated carbocycles. The van der Waals surface area contributed by atoms with Gasteiger partial charge >= 0.3 is 6.03 Å². The minimum absolute atomic E-state index is 0.0523. The Bertz CT molecular complexity index is 592. The summed E-state index contributed by atoms with van der Waals surface area (Å²) in [5.41, 5.74) is 0. The Labute approximate surface area is 162 Å². The van der Waals surface area contributed by atoms with E-state index in [1.54, 1.807) is 12.4 Å². The number of piperazine rings is 1.